The monoisotopic (exact) mass is 456 g/mol. The molecule has 4 rings (SSSR count). The van der Waals surface area contributed by atoms with Crippen molar-refractivity contribution in [2.24, 2.45) is 39.4 Å². The Kier molecular flexibility index (Phi) is 6.25. The van der Waals surface area contributed by atoms with Gasteiger partial charge in [0, 0.05) is 0 Å². The van der Waals surface area contributed by atoms with Crippen molar-refractivity contribution < 1.29 is 15.0 Å². The SMILES string of the molecule is CC(C)=CCC[C@H](C(=O)O)[C@@H]1CC[C@]2(C)C3=C(CC[C@@]12C)C1(C)CC[C@H](O)C(C)(C)C1CC3. The Morgan fingerprint density at radius 3 is 2.33 bits per heavy atom. The van der Waals surface area contributed by atoms with Crippen molar-refractivity contribution >= 4 is 5.97 Å². The zero-order valence-corrected chi connectivity index (χ0v) is 22.3. The van der Waals surface area contributed by atoms with Gasteiger partial charge in [-0.25, -0.2) is 0 Å². The van der Waals surface area contributed by atoms with E-state index < -0.39 is 5.97 Å². The first-order valence-electron chi connectivity index (χ1n) is 13.6. The second-order valence-corrected chi connectivity index (χ2v) is 13.5. The van der Waals surface area contributed by atoms with Crippen molar-refractivity contribution in [1.82, 2.24) is 0 Å². The lowest BCUT2D eigenvalue weighted by molar-refractivity contribution is -0.146. The summed E-state index contributed by atoms with van der Waals surface area (Å²) in [6.07, 6.45) is 12.3. The molecule has 0 bridgehead atoms. The lowest BCUT2D eigenvalue weighted by Crippen LogP contribution is -2.55. The molecule has 0 amide bonds. The summed E-state index contributed by atoms with van der Waals surface area (Å²) in [4.78, 5) is 12.5. The summed E-state index contributed by atoms with van der Waals surface area (Å²) in [6.45, 7) is 16.2. The summed E-state index contributed by atoms with van der Waals surface area (Å²) in [7, 11) is 0. The highest BCUT2D eigenvalue weighted by molar-refractivity contribution is 5.70. The van der Waals surface area contributed by atoms with Gasteiger partial charge < -0.3 is 10.2 Å². The van der Waals surface area contributed by atoms with Crippen LogP contribution in [0, 0.1) is 39.4 Å². The molecule has 7 atom stereocenters. The minimum Gasteiger partial charge on any atom is -0.481 e. The molecule has 0 radical (unpaired) electrons. The highest BCUT2D eigenvalue weighted by Gasteiger charge is 2.64. The zero-order valence-electron chi connectivity index (χ0n) is 22.3. The molecule has 2 unspecified atom stereocenters. The Labute approximate surface area is 202 Å². The number of carboxylic acids is 1. The van der Waals surface area contributed by atoms with Crippen molar-refractivity contribution in [3.05, 3.63) is 22.8 Å². The molecule has 2 saturated carbocycles. The Balaban J connectivity index is 1.69. The van der Waals surface area contributed by atoms with Gasteiger partial charge in [-0.1, -0.05) is 57.4 Å². The second kappa shape index (κ2) is 8.25. The van der Waals surface area contributed by atoms with Crippen LogP contribution in [0.15, 0.2) is 22.8 Å². The molecule has 3 heteroatoms. The Morgan fingerprint density at radius 2 is 1.70 bits per heavy atom. The van der Waals surface area contributed by atoms with Crippen LogP contribution in [0.25, 0.3) is 0 Å². The number of aliphatic carboxylic acids is 1. The molecule has 0 saturated heterocycles. The molecule has 2 fully saturated rings. The van der Waals surface area contributed by atoms with Gasteiger partial charge in [0.2, 0.25) is 0 Å². The van der Waals surface area contributed by atoms with Crippen LogP contribution >= 0.6 is 0 Å². The van der Waals surface area contributed by atoms with Crippen LogP contribution < -0.4 is 0 Å². The number of fused-ring (bicyclic) bond motifs is 4. The van der Waals surface area contributed by atoms with Gasteiger partial charge in [0.1, 0.15) is 0 Å². The first kappa shape index (κ1) is 25.0. The lowest BCUT2D eigenvalue weighted by Gasteiger charge is -2.62. The van der Waals surface area contributed by atoms with E-state index in [1.54, 1.807) is 11.1 Å². The van der Waals surface area contributed by atoms with Crippen molar-refractivity contribution in [3.63, 3.8) is 0 Å². The number of hydrogen-bond acceptors (Lipinski definition) is 2. The first-order valence-corrected chi connectivity index (χ1v) is 13.6. The minimum absolute atomic E-state index is 0.0370. The van der Waals surface area contributed by atoms with Gasteiger partial charge in [-0.05, 0) is 112 Å². The average Bonchev–Trinajstić information content (AvgIpc) is 3.00. The normalized spacial score (nSPS) is 42.7. The maximum absolute atomic E-state index is 12.5. The van der Waals surface area contributed by atoms with Crippen molar-refractivity contribution in [1.29, 1.82) is 0 Å². The van der Waals surface area contributed by atoms with Gasteiger partial charge in [-0.3, -0.25) is 4.79 Å². The third-order valence-corrected chi connectivity index (χ3v) is 11.6. The van der Waals surface area contributed by atoms with Crippen LogP contribution in [0.1, 0.15) is 113 Å². The molecule has 0 spiro atoms. The molecule has 0 aromatic rings. The standard InChI is InChI=1S/C30H48O3/c1-19(2)9-8-10-20(26(32)33)21-13-17-30(7)23-11-12-24-27(3,4)25(31)15-16-28(24,5)22(23)14-18-29(21,30)6/h9,20-21,24-25,31H,8,10-18H2,1-7H3,(H,32,33)/t20-,21-,24?,25-,28?,29-,30+/m0/s1. The molecule has 0 aliphatic heterocycles. The number of allylic oxidation sites excluding steroid dienone is 4. The third kappa shape index (κ3) is 3.58. The zero-order chi connectivity index (χ0) is 24.4. The van der Waals surface area contributed by atoms with Crippen LogP contribution in [0.5, 0.6) is 0 Å². The number of carbonyl (C=O) groups is 1. The summed E-state index contributed by atoms with van der Waals surface area (Å²) in [5, 5.41) is 21.0. The van der Waals surface area contributed by atoms with E-state index in [1.807, 2.05) is 0 Å². The van der Waals surface area contributed by atoms with E-state index in [2.05, 4.69) is 54.5 Å². The van der Waals surface area contributed by atoms with Gasteiger partial charge in [0.25, 0.3) is 0 Å². The Morgan fingerprint density at radius 1 is 1.00 bits per heavy atom. The van der Waals surface area contributed by atoms with Crippen LogP contribution in [-0.2, 0) is 4.79 Å². The fraction of sp³-hybridized carbons (Fsp3) is 0.833. The first-order chi connectivity index (χ1) is 15.3. The summed E-state index contributed by atoms with van der Waals surface area (Å²) in [5.41, 5.74) is 5.00. The molecule has 33 heavy (non-hydrogen) atoms. The highest BCUT2D eigenvalue weighted by atomic mass is 16.4. The van der Waals surface area contributed by atoms with E-state index in [0.717, 1.165) is 57.8 Å². The maximum Gasteiger partial charge on any atom is 0.306 e. The lowest BCUT2D eigenvalue weighted by atomic mass is 9.43. The number of hydrogen-bond donors (Lipinski definition) is 2. The predicted molar refractivity (Wildman–Crippen MR) is 135 cm³/mol. The molecule has 0 aromatic heterocycles. The third-order valence-electron chi connectivity index (χ3n) is 11.6. The molecule has 0 aromatic carbocycles. The van der Waals surface area contributed by atoms with Crippen LogP contribution in [0.3, 0.4) is 0 Å². The minimum atomic E-state index is -0.592. The fourth-order valence-corrected chi connectivity index (χ4v) is 9.41. The van der Waals surface area contributed by atoms with Crippen molar-refractivity contribution in [2.45, 2.75) is 119 Å². The van der Waals surface area contributed by atoms with Crippen molar-refractivity contribution in [2.75, 3.05) is 0 Å². The second-order valence-electron chi connectivity index (χ2n) is 13.5. The van der Waals surface area contributed by atoms with E-state index in [-0.39, 0.29) is 39.6 Å². The van der Waals surface area contributed by atoms with Gasteiger partial charge in [0.05, 0.1) is 12.0 Å². The number of rotatable bonds is 5. The summed E-state index contributed by atoms with van der Waals surface area (Å²) >= 11 is 0. The van der Waals surface area contributed by atoms with E-state index in [1.165, 1.54) is 12.0 Å². The number of aliphatic hydroxyl groups is 1. The van der Waals surface area contributed by atoms with Gasteiger partial charge >= 0.3 is 5.97 Å². The van der Waals surface area contributed by atoms with Gasteiger partial charge in [-0.15, -0.1) is 0 Å². The van der Waals surface area contributed by atoms with Crippen molar-refractivity contribution in [3.8, 4) is 0 Å². The summed E-state index contributed by atoms with van der Waals surface area (Å²) in [6, 6.07) is 0. The quantitative estimate of drug-likeness (QED) is 0.420. The van der Waals surface area contributed by atoms with Crippen LogP contribution in [-0.4, -0.2) is 22.3 Å². The van der Waals surface area contributed by atoms with E-state index in [4.69, 9.17) is 0 Å². The Bertz CT molecular complexity index is 862. The van der Waals surface area contributed by atoms with E-state index in [9.17, 15) is 15.0 Å². The molecular weight excluding hydrogens is 408 g/mol. The smallest absolute Gasteiger partial charge is 0.306 e. The molecule has 4 aliphatic rings. The van der Waals surface area contributed by atoms with E-state index >= 15 is 0 Å². The van der Waals surface area contributed by atoms with Crippen LogP contribution in [0.4, 0.5) is 0 Å². The topological polar surface area (TPSA) is 57.5 Å². The maximum atomic E-state index is 12.5. The summed E-state index contributed by atoms with van der Waals surface area (Å²) < 4.78 is 0. The average molecular weight is 457 g/mol. The van der Waals surface area contributed by atoms with E-state index in [0.29, 0.717) is 5.92 Å². The van der Waals surface area contributed by atoms with Gasteiger partial charge in [-0.2, -0.15) is 0 Å². The number of carboxylic acid groups (broad SMARTS) is 1. The molecule has 186 valence electrons. The highest BCUT2D eigenvalue weighted by Crippen LogP contribution is 2.72. The molecule has 2 N–H and O–H groups in total. The Hall–Kier alpha value is -1.09. The van der Waals surface area contributed by atoms with Crippen LogP contribution in [0.2, 0.25) is 0 Å². The molecule has 3 nitrogen and oxygen atoms in total. The fourth-order valence-electron chi connectivity index (χ4n) is 9.41. The molecule has 0 heterocycles. The molecular formula is C30H48O3. The largest absolute Gasteiger partial charge is 0.481 e. The predicted octanol–water partition coefficient (Wildman–Crippen LogP) is 7.54. The number of aliphatic hydroxyl groups excluding tert-OH is 1. The molecule has 4 aliphatic carbocycles. The summed E-state index contributed by atoms with van der Waals surface area (Å²) in [5.74, 6) is -0.0420. The van der Waals surface area contributed by atoms with Gasteiger partial charge in [0.15, 0.2) is 0 Å².